The first-order chi connectivity index (χ1) is 8.36. The normalized spacial score (nSPS) is 9.22. The topological polar surface area (TPSA) is 0 Å². The maximum absolute atomic E-state index is 3.24. The van der Waals surface area contributed by atoms with Crippen LogP contribution in [-0.4, -0.2) is 0 Å². The molecular weight excluding hydrogens is 268 g/mol. The number of hydrogen-bond donors (Lipinski definition) is 0. The Morgan fingerprint density at radius 1 is 0.833 bits per heavy atom. The molecule has 2 rings (SSSR count). The van der Waals surface area contributed by atoms with Gasteiger partial charge in [0.15, 0.2) is 0 Å². The maximum Gasteiger partial charge on any atom is 2.00 e. The molecule has 0 aliphatic heterocycles. The molecule has 0 amide bonds. The predicted octanol–water partition coefficient (Wildman–Crippen LogP) is 4.78. The monoisotopic (exact) mass is 285 g/mol. The molecule has 1 heteroatoms. The third-order valence-corrected chi connectivity index (χ3v) is 1.98. The van der Waals surface area contributed by atoms with E-state index in [9.17, 15) is 0 Å². The molecule has 0 fully saturated rings. The first-order valence-electron chi connectivity index (χ1n) is 5.80. The summed E-state index contributed by atoms with van der Waals surface area (Å²) in [6.45, 7) is 4.00. The van der Waals surface area contributed by atoms with Crippen LogP contribution in [0.1, 0.15) is 25.0 Å². The van der Waals surface area contributed by atoms with Gasteiger partial charge in [0.25, 0.3) is 0 Å². The zero-order valence-corrected chi connectivity index (χ0v) is 11.7. The molecule has 97 valence electrons. The van der Waals surface area contributed by atoms with Crippen LogP contribution < -0.4 is 0 Å². The second-order valence-electron chi connectivity index (χ2n) is 3.64. The van der Waals surface area contributed by atoms with Crippen molar-refractivity contribution >= 4 is 6.08 Å². The summed E-state index contributed by atoms with van der Waals surface area (Å²) in [7, 11) is 0. The predicted molar refractivity (Wildman–Crippen MR) is 75.3 cm³/mol. The van der Waals surface area contributed by atoms with Gasteiger partial charge in [0, 0.05) is 0 Å². The summed E-state index contributed by atoms with van der Waals surface area (Å²) in [4.78, 5) is 0. The molecule has 0 N–H and O–H groups in total. The van der Waals surface area contributed by atoms with Crippen molar-refractivity contribution in [2.75, 3.05) is 0 Å². The van der Waals surface area contributed by atoms with Crippen LogP contribution in [0.4, 0.5) is 0 Å². The van der Waals surface area contributed by atoms with Crippen molar-refractivity contribution in [3.05, 3.63) is 84.3 Å². The van der Waals surface area contributed by atoms with Gasteiger partial charge in [0.05, 0.1) is 0 Å². The van der Waals surface area contributed by atoms with E-state index in [2.05, 4.69) is 18.2 Å². The van der Waals surface area contributed by atoms with Crippen molar-refractivity contribution in [1.29, 1.82) is 0 Å². The zero-order chi connectivity index (χ0) is 12.3. The van der Waals surface area contributed by atoms with Crippen LogP contribution in [0, 0.1) is 12.5 Å². The first kappa shape index (κ1) is 16.7. The maximum atomic E-state index is 3.24. The molecule has 0 saturated heterocycles. The van der Waals surface area contributed by atoms with E-state index in [1.54, 1.807) is 0 Å². The SMILES string of the molecule is C[CH-]C.[C-](=Cc1ccccc1)c1ccccc1.[Cu+2]. The Morgan fingerprint density at radius 2 is 1.28 bits per heavy atom. The van der Waals surface area contributed by atoms with Crippen LogP contribution in [0.5, 0.6) is 0 Å². The van der Waals surface area contributed by atoms with Crippen molar-refractivity contribution in [2.45, 2.75) is 13.8 Å². The van der Waals surface area contributed by atoms with E-state index >= 15 is 0 Å². The third kappa shape index (κ3) is 7.11. The standard InChI is InChI=1S/C14H11.C3H7.Cu/c1-3-7-13(8-4-1)11-12-14-9-5-2-6-10-14;1-3-2;/h1-11H;3H,1-2H3;/q2*-1;+2. The third-order valence-electron chi connectivity index (χ3n) is 1.98. The molecule has 2 aromatic rings. The van der Waals surface area contributed by atoms with Gasteiger partial charge in [-0.2, -0.15) is 13.8 Å². The fraction of sp³-hybridized carbons (Fsp3) is 0.118. The van der Waals surface area contributed by atoms with E-state index in [0.29, 0.717) is 0 Å². The van der Waals surface area contributed by atoms with Crippen LogP contribution in [-0.2, 0) is 17.1 Å². The molecule has 0 aliphatic rings. The summed E-state index contributed by atoms with van der Waals surface area (Å²) >= 11 is 0. The van der Waals surface area contributed by atoms with Gasteiger partial charge in [0.2, 0.25) is 0 Å². The largest absolute Gasteiger partial charge is 2.00 e. The van der Waals surface area contributed by atoms with Crippen molar-refractivity contribution in [3.8, 4) is 0 Å². The van der Waals surface area contributed by atoms with Crippen molar-refractivity contribution in [1.82, 2.24) is 0 Å². The smallest absolute Gasteiger partial charge is 0.335 e. The van der Waals surface area contributed by atoms with Gasteiger partial charge in [-0.15, -0.1) is 42.0 Å². The molecule has 18 heavy (non-hydrogen) atoms. The van der Waals surface area contributed by atoms with E-state index in [4.69, 9.17) is 0 Å². The van der Waals surface area contributed by atoms with E-state index in [-0.39, 0.29) is 17.1 Å². The molecule has 2 aromatic carbocycles. The van der Waals surface area contributed by atoms with Crippen molar-refractivity contribution in [3.63, 3.8) is 0 Å². The molecule has 0 aromatic heterocycles. The van der Waals surface area contributed by atoms with Gasteiger partial charge in [-0.3, -0.25) is 0 Å². The van der Waals surface area contributed by atoms with Gasteiger partial charge in [-0.05, 0) is 0 Å². The molecule has 0 nitrogen and oxygen atoms in total. The number of rotatable bonds is 2. The first-order valence-corrected chi connectivity index (χ1v) is 5.80. The molecular formula is C17H18Cu. The van der Waals surface area contributed by atoms with Gasteiger partial charge in [-0.1, -0.05) is 42.0 Å². The molecule has 1 radical (unpaired) electrons. The molecule has 0 unspecified atom stereocenters. The van der Waals surface area contributed by atoms with Gasteiger partial charge in [0.1, 0.15) is 0 Å². The molecule has 0 spiro atoms. The quantitative estimate of drug-likeness (QED) is 0.423. The van der Waals surface area contributed by atoms with Gasteiger partial charge < -0.3 is 6.42 Å². The Kier molecular flexibility index (Phi) is 10.0. The van der Waals surface area contributed by atoms with Crippen LogP contribution >= 0.6 is 0 Å². The molecule has 0 aliphatic carbocycles. The van der Waals surface area contributed by atoms with Crippen LogP contribution in [0.25, 0.3) is 6.08 Å². The number of hydrogen-bond acceptors (Lipinski definition) is 0. The Balaban J connectivity index is 0.000000660. The molecule has 0 saturated carbocycles. The summed E-state index contributed by atoms with van der Waals surface area (Å²) in [5.74, 6) is 0. The van der Waals surface area contributed by atoms with E-state index < -0.39 is 0 Å². The molecule has 0 heterocycles. The second-order valence-corrected chi connectivity index (χ2v) is 3.64. The Labute approximate surface area is 121 Å². The number of benzene rings is 2. The fourth-order valence-electron chi connectivity index (χ4n) is 1.25. The van der Waals surface area contributed by atoms with Crippen molar-refractivity contribution in [2.24, 2.45) is 0 Å². The van der Waals surface area contributed by atoms with E-state index in [1.807, 2.05) is 74.9 Å². The van der Waals surface area contributed by atoms with Crippen LogP contribution in [0.3, 0.4) is 0 Å². The second kappa shape index (κ2) is 10.8. The minimum absolute atomic E-state index is 0. The Hall–Kier alpha value is -1.30. The van der Waals surface area contributed by atoms with Gasteiger partial charge in [-0.25, -0.2) is 0 Å². The summed E-state index contributed by atoms with van der Waals surface area (Å²) < 4.78 is 0. The van der Waals surface area contributed by atoms with Gasteiger partial charge >= 0.3 is 17.1 Å². The van der Waals surface area contributed by atoms with E-state index in [1.165, 1.54) is 5.56 Å². The van der Waals surface area contributed by atoms with E-state index in [0.717, 1.165) is 5.56 Å². The van der Waals surface area contributed by atoms with Crippen molar-refractivity contribution < 1.29 is 17.1 Å². The van der Waals surface area contributed by atoms with Crippen LogP contribution in [0.15, 0.2) is 60.7 Å². The minimum atomic E-state index is 0. The summed E-state index contributed by atoms with van der Waals surface area (Å²) in [6, 6.07) is 20.3. The Morgan fingerprint density at radius 3 is 1.78 bits per heavy atom. The fourth-order valence-corrected chi connectivity index (χ4v) is 1.25. The molecule has 0 bridgehead atoms. The summed E-state index contributed by atoms with van der Waals surface area (Å²) in [6.07, 6.45) is 7.23. The zero-order valence-electron chi connectivity index (χ0n) is 10.7. The minimum Gasteiger partial charge on any atom is -0.335 e. The summed E-state index contributed by atoms with van der Waals surface area (Å²) in [5.41, 5.74) is 2.28. The summed E-state index contributed by atoms with van der Waals surface area (Å²) in [5, 5.41) is 0. The Bertz CT molecular complexity index is 376. The molecule has 0 atom stereocenters. The average Bonchev–Trinajstić information content (AvgIpc) is 2.40. The average molecular weight is 286 g/mol. The van der Waals surface area contributed by atoms with Crippen LogP contribution in [0.2, 0.25) is 0 Å².